The number of azo groups is 1. The monoisotopic (exact) mass is 319 g/mol. The number of hydrogen-bond acceptors (Lipinski definition) is 4. The smallest absolute Gasteiger partial charge is 0.151 e. The highest BCUT2D eigenvalue weighted by Gasteiger charge is 2.12. The van der Waals surface area contributed by atoms with Crippen molar-refractivity contribution in [3.8, 4) is 5.75 Å². The number of aromatic hydroxyl groups is 1. The molecule has 2 N–H and O–H groups in total. The van der Waals surface area contributed by atoms with Crippen molar-refractivity contribution < 1.29 is 5.11 Å². The summed E-state index contributed by atoms with van der Waals surface area (Å²) in [5.41, 5.74) is 5.38. The molecule has 0 aliphatic rings. The van der Waals surface area contributed by atoms with Crippen molar-refractivity contribution in [2.45, 2.75) is 20.8 Å². The zero-order valence-electron chi connectivity index (χ0n) is 14.4. The molecule has 3 aromatic rings. The molecule has 0 saturated heterocycles. The molecule has 0 aromatic heterocycles. The summed E-state index contributed by atoms with van der Waals surface area (Å²) in [6, 6.07) is 13.8. The third-order valence-corrected chi connectivity index (χ3v) is 4.26. The molecule has 0 unspecified atom stereocenters. The van der Waals surface area contributed by atoms with Crippen LogP contribution in [-0.2, 0) is 0 Å². The highest BCUT2D eigenvalue weighted by molar-refractivity contribution is 5.96. The molecule has 0 amide bonds. The van der Waals surface area contributed by atoms with Crippen LogP contribution in [-0.4, -0.2) is 12.2 Å². The minimum atomic E-state index is 0.166. The van der Waals surface area contributed by atoms with Crippen molar-refractivity contribution in [3.63, 3.8) is 0 Å². The summed E-state index contributed by atoms with van der Waals surface area (Å²) in [4.78, 5) is 0. The summed E-state index contributed by atoms with van der Waals surface area (Å²) < 4.78 is 0. The minimum absolute atomic E-state index is 0.166. The van der Waals surface area contributed by atoms with Gasteiger partial charge in [0.05, 0.1) is 5.69 Å². The molecule has 0 heterocycles. The van der Waals surface area contributed by atoms with Crippen molar-refractivity contribution in [1.82, 2.24) is 0 Å². The quantitative estimate of drug-likeness (QED) is 0.588. The Morgan fingerprint density at radius 3 is 2.29 bits per heavy atom. The maximum absolute atomic E-state index is 10.7. The van der Waals surface area contributed by atoms with Crippen LogP contribution in [0.4, 0.5) is 17.1 Å². The van der Waals surface area contributed by atoms with E-state index in [1.807, 2.05) is 64.2 Å². The summed E-state index contributed by atoms with van der Waals surface area (Å²) in [5.74, 6) is 0.166. The number of phenolic OH excluding ortho intramolecular Hbond substituents is 1. The Kier molecular flexibility index (Phi) is 4.21. The van der Waals surface area contributed by atoms with Crippen molar-refractivity contribution in [2.24, 2.45) is 10.2 Å². The molecular formula is C20H21N3O. The molecule has 0 spiro atoms. The van der Waals surface area contributed by atoms with Gasteiger partial charge in [-0.25, -0.2) is 0 Å². The maximum Gasteiger partial charge on any atom is 0.151 e. The number of aryl methyl sites for hydroxylation is 3. The Labute approximate surface area is 141 Å². The first-order valence-corrected chi connectivity index (χ1v) is 7.93. The summed E-state index contributed by atoms with van der Waals surface area (Å²) in [6.07, 6.45) is 0. The molecule has 0 aliphatic heterocycles. The average molecular weight is 319 g/mol. The van der Waals surface area contributed by atoms with Crippen LogP contribution in [0.2, 0.25) is 0 Å². The number of anilines is 1. The fraction of sp³-hybridized carbons (Fsp3) is 0.200. The van der Waals surface area contributed by atoms with Gasteiger partial charge in [-0.1, -0.05) is 18.2 Å². The Morgan fingerprint density at radius 2 is 1.58 bits per heavy atom. The van der Waals surface area contributed by atoms with E-state index in [9.17, 15) is 5.11 Å². The highest BCUT2D eigenvalue weighted by Crippen LogP contribution is 2.40. The molecule has 0 bridgehead atoms. The second-order valence-electron chi connectivity index (χ2n) is 6.02. The van der Waals surface area contributed by atoms with Gasteiger partial charge in [0, 0.05) is 18.1 Å². The van der Waals surface area contributed by atoms with Crippen LogP contribution in [0.25, 0.3) is 10.8 Å². The third kappa shape index (κ3) is 2.83. The van der Waals surface area contributed by atoms with E-state index in [-0.39, 0.29) is 5.75 Å². The number of nitrogens with one attached hydrogen (secondary N) is 1. The number of phenols is 1. The van der Waals surface area contributed by atoms with E-state index in [1.165, 1.54) is 0 Å². The largest absolute Gasteiger partial charge is 0.505 e. The standard InChI is InChI=1S/C20H21N3O/c1-12-7-5-6-8-17(12)22-23-19-14(3)10-15-9-13(2)18(21-4)11-16(15)20(19)24/h5-11,21,24H,1-4H3. The normalized spacial score (nSPS) is 11.3. The van der Waals surface area contributed by atoms with Crippen LogP contribution in [0.5, 0.6) is 5.75 Å². The zero-order valence-corrected chi connectivity index (χ0v) is 14.4. The predicted octanol–water partition coefficient (Wildman–Crippen LogP) is 5.93. The predicted molar refractivity (Wildman–Crippen MR) is 100.0 cm³/mol. The van der Waals surface area contributed by atoms with Crippen LogP contribution in [0.1, 0.15) is 16.7 Å². The van der Waals surface area contributed by atoms with Gasteiger partial charge in [-0.05, 0) is 67.1 Å². The van der Waals surface area contributed by atoms with E-state index in [2.05, 4.69) is 21.6 Å². The molecule has 24 heavy (non-hydrogen) atoms. The van der Waals surface area contributed by atoms with Gasteiger partial charge < -0.3 is 10.4 Å². The van der Waals surface area contributed by atoms with Crippen molar-refractivity contribution >= 4 is 27.8 Å². The van der Waals surface area contributed by atoms with Crippen molar-refractivity contribution in [1.29, 1.82) is 0 Å². The lowest BCUT2D eigenvalue weighted by Gasteiger charge is -2.11. The molecule has 0 saturated carbocycles. The second kappa shape index (κ2) is 6.32. The molecule has 4 nitrogen and oxygen atoms in total. The molecular weight excluding hydrogens is 298 g/mol. The van der Waals surface area contributed by atoms with E-state index < -0.39 is 0 Å². The number of rotatable bonds is 3. The molecule has 3 aromatic carbocycles. The SMILES string of the molecule is CNc1cc2c(O)c(N=Nc3ccccc3C)c(C)cc2cc1C. The molecule has 0 atom stereocenters. The van der Waals surface area contributed by atoms with Gasteiger partial charge in [-0.2, -0.15) is 5.11 Å². The number of fused-ring (bicyclic) bond motifs is 1. The van der Waals surface area contributed by atoms with Gasteiger partial charge in [-0.15, -0.1) is 5.11 Å². The molecule has 4 heteroatoms. The van der Waals surface area contributed by atoms with E-state index in [0.717, 1.165) is 38.8 Å². The first-order valence-electron chi connectivity index (χ1n) is 7.93. The topological polar surface area (TPSA) is 57.0 Å². The van der Waals surface area contributed by atoms with E-state index >= 15 is 0 Å². The van der Waals surface area contributed by atoms with Crippen molar-refractivity contribution in [2.75, 3.05) is 12.4 Å². The maximum atomic E-state index is 10.7. The van der Waals surface area contributed by atoms with Gasteiger partial charge in [0.25, 0.3) is 0 Å². The average Bonchev–Trinajstić information content (AvgIpc) is 2.55. The minimum Gasteiger partial charge on any atom is -0.505 e. The molecule has 0 fully saturated rings. The van der Waals surface area contributed by atoms with E-state index in [0.29, 0.717) is 5.69 Å². The fourth-order valence-electron chi connectivity index (χ4n) is 2.85. The number of nitrogens with zero attached hydrogens (tertiary/aromatic N) is 2. The Hall–Kier alpha value is -2.88. The Balaban J connectivity index is 2.14. The second-order valence-corrected chi connectivity index (χ2v) is 6.02. The lowest BCUT2D eigenvalue weighted by Crippen LogP contribution is -1.92. The van der Waals surface area contributed by atoms with Gasteiger partial charge >= 0.3 is 0 Å². The summed E-state index contributed by atoms with van der Waals surface area (Å²) in [7, 11) is 1.87. The molecule has 0 radical (unpaired) electrons. The van der Waals surface area contributed by atoms with Gasteiger partial charge in [0.15, 0.2) is 5.75 Å². The summed E-state index contributed by atoms with van der Waals surface area (Å²) in [5, 5.41) is 24.3. The zero-order chi connectivity index (χ0) is 17.3. The lowest BCUT2D eigenvalue weighted by molar-refractivity contribution is 0.482. The van der Waals surface area contributed by atoms with Gasteiger partial charge in [0.1, 0.15) is 5.69 Å². The van der Waals surface area contributed by atoms with Crippen LogP contribution in [0.15, 0.2) is 52.7 Å². The Bertz CT molecular complexity index is 945. The number of hydrogen-bond donors (Lipinski definition) is 2. The third-order valence-electron chi connectivity index (χ3n) is 4.26. The first kappa shape index (κ1) is 16.0. The van der Waals surface area contributed by atoms with Crippen LogP contribution < -0.4 is 5.32 Å². The number of benzene rings is 3. The lowest BCUT2D eigenvalue weighted by atomic mass is 10.0. The van der Waals surface area contributed by atoms with Gasteiger partial charge in [-0.3, -0.25) is 0 Å². The van der Waals surface area contributed by atoms with E-state index in [1.54, 1.807) is 0 Å². The van der Waals surface area contributed by atoms with Crippen molar-refractivity contribution in [3.05, 3.63) is 59.2 Å². The van der Waals surface area contributed by atoms with E-state index in [4.69, 9.17) is 0 Å². The summed E-state index contributed by atoms with van der Waals surface area (Å²) in [6.45, 7) is 5.97. The van der Waals surface area contributed by atoms with Crippen LogP contribution in [0.3, 0.4) is 0 Å². The highest BCUT2D eigenvalue weighted by atomic mass is 16.3. The molecule has 122 valence electrons. The van der Waals surface area contributed by atoms with Crippen LogP contribution in [0, 0.1) is 20.8 Å². The first-order chi connectivity index (χ1) is 11.5. The van der Waals surface area contributed by atoms with Crippen LogP contribution >= 0.6 is 0 Å². The molecule has 0 aliphatic carbocycles. The van der Waals surface area contributed by atoms with Gasteiger partial charge in [0.2, 0.25) is 0 Å². The molecule has 3 rings (SSSR count). The summed E-state index contributed by atoms with van der Waals surface area (Å²) >= 11 is 0. The fourth-order valence-corrected chi connectivity index (χ4v) is 2.85. The Morgan fingerprint density at radius 1 is 0.875 bits per heavy atom.